The van der Waals surface area contributed by atoms with Crippen LogP contribution in [-0.4, -0.2) is 42.7 Å². The third-order valence-electron chi connectivity index (χ3n) is 5.26. The summed E-state index contributed by atoms with van der Waals surface area (Å²) in [6.45, 7) is 3.03. The Bertz CT molecular complexity index is 785. The molecule has 1 amide bonds. The van der Waals surface area contributed by atoms with Crippen molar-refractivity contribution in [2.45, 2.75) is 24.2 Å². The average Bonchev–Trinajstić information content (AvgIpc) is 3.15. The standard InChI is InChI=1S/C21H23FN2OS/c22-18-5-7-19(8-6-18)23-10-12-24(13-11-23)21(25)15-26-20-9-4-16-2-1-3-17(16)14-20/h4-9,14H,1-3,10-13,15H2. The molecule has 1 aliphatic heterocycles. The summed E-state index contributed by atoms with van der Waals surface area (Å²) in [6, 6.07) is 13.2. The van der Waals surface area contributed by atoms with Crippen molar-refractivity contribution in [3.05, 3.63) is 59.4 Å². The second-order valence-electron chi connectivity index (χ2n) is 6.92. The monoisotopic (exact) mass is 370 g/mol. The molecule has 0 aromatic heterocycles. The molecule has 0 radical (unpaired) electrons. The van der Waals surface area contributed by atoms with Crippen LogP contribution in [0, 0.1) is 5.82 Å². The maximum absolute atomic E-state index is 13.0. The van der Waals surface area contributed by atoms with E-state index < -0.39 is 0 Å². The molecule has 0 spiro atoms. The molecule has 0 unspecified atom stereocenters. The number of anilines is 1. The highest BCUT2D eigenvalue weighted by Crippen LogP contribution is 2.28. The van der Waals surface area contributed by atoms with Crippen molar-refractivity contribution < 1.29 is 9.18 Å². The molecule has 136 valence electrons. The van der Waals surface area contributed by atoms with Gasteiger partial charge >= 0.3 is 0 Å². The van der Waals surface area contributed by atoms with Crippen molar-refractivity contribution in [3.8, 4) is 0 Å². The number of carbonyl (C=O) groups excluding carboxylic acids is 1. The van der Waals surface area contributed by atoms with Crippen LogP contribution in [0.2, 0.25) is 0 Å². The summed E-state index contributed by atoms with van der Waals surface area (Å²) in [6.07, 6.45) is 3.61. The van der Waals surface area contributed by atoms with Crippen LogP contribution in [-0.2, 0) is 17.6 Å². The number of hydrogen-bond acceptors (Lipinski definition) is 3. The topological polar surface area (TPSA) is 23.6 Å². The third kappa shape index (κ3) is 3.88. The minimum absolute atomic E-state index is 0.203. The lowest BCUT2D eigenvalue weighted by Crippen LogP contribution is -2.49. The molecule has 5 heteroatoms. The molecule has 1 saturated heterocycles. The van der Waals surface area contributed by atoms with E-state index >= 15 is 0 Å². The van der Waals surface area contributed by atoms with Gasteiger partial charge in [0.1, 0.15) is 5.82 Å². The number of rotatable bonds is 4. The molecule has 0 N–H and O–H groups in total. The van der Waals surface area contributed by atoms with Crippen molar-refractivity contribution in [1.29, 1.82) is 0 Å². The van der Waals surface area contributed by atoms with E-state index in [1.54, 1.807) is 23.9 Å². The van der Waals surface area contributed by atoms with Crippen molar-refractivity contribution in [1.82, 2.24) is 4.90 Å². The third-order valence-corrected chi connectivity index (χ3v) is 6.23. The minimum atomic E-state index is -0.217. The van der Waals surface area contributed by atoms with Gasteiger partial charge < -0.3 is 9.80 Å². The Balaban J connectivity index is 1.27. The number of aryl methyl sites for hydroxylation is 2. The number of amides is 1. The summed E-state index contributed by atoms with van der Waals surface area (Å²) >= 11 is 1.64. The minimum Gasteiger partial charge on any atom is -0.368 e. The quantitative estimate of drug-likeness (QED) is 0.766. The van der Waals surface area contributed by atoms with Crippen LogP contribution >= 0.6 is 11.8 Å². The summed E-state index contributed by atoms with van der Waals surface area (Å²) in [5, 5.41) is 0. The predicted molar refractivity (Wildman–Crippen MR) is 104 cm³/mol. The first-order chi connectivity index (χ1) is 12.7. The Kier molecular flexibility index (Phi) is 5.16. The maximum atomic E-state index is 13.0. The van der Waals surface area contributed by atoms with Crippen molar-refractivity contribution in [2.75, 3.05) is 36.8 Å². The summed E-state index contributed by atoms with van der Waals surface area (Å²) in [5.41, 5.74) is 3.94. The predicted octanol–water partition coefficient (Wildman–Crippen LogP) is 3.76. The molecule has 0 bridgehead atoms. The molecule has 3 nitrogen and oxygen atoms in total. The molecule has 1 fully saturated rings. The van der Waals surface area contributed by atoms with E-state index in [2.05, 4.69) is 23.1 Å². The Morgan fingerprint density at radius 1 is 0.962 bits per heavy atom. The molecule has 2 aromatic carbocycles. The Morgan fingerprint density at radius 3 is 2.46 bits per heavy atom. The van der Waals surface area contributed by atoms with Gasteiger partial charge in [-0.05, 0) is 66.8 Å². The zero-order valence-electron chi connectivity index (χ0n) is 14.8. The number of halogens is 1. The van der Waals surface area contributed by atoms with E-state index in [4.69, 9.17) is 0 Å². The van der Waals surface area contributed by atoms with Crippen molar-refractivity contribution in [3.63, 3.8) is 0 Å². The number of piperazine rings is 1. The zero-order chi connectivity index (χ0) is 17.9. The Morgan fingerprint density at radius 2 is 1.69 bits per heavy atom. The lowest BCUT2D eigenvalue weighted by molar-refractivity contribution is -0.128. The first-order valence-corrected chi connectivity index (χ1v) is 10.2. The van der Waals surface area contributed by atoms with Gasteiger partial charge in [-0.3, -0.25) is 4.79 Å². The second kappa shape index (κ2) is 7.70. The fourth-order valence-corrected chi connectivity index (χ4v) is 4.60. The van der Waals surface area contributed by atoms with Gasteiger partial charge in [0.15, 0.2) is 0 Å². The highest BCUT2D eigenvalue weighted by molar-refractivity contribution is 8.00. The van der Waals surface area contributed by atoms with Crippen LogP contribution in [0.3, 0.4) is 0 Å². The van der Waals surface area contributed by atoms with E-state index in [0.717, 1.165) is 31.9 Å². The molecular formula is C21H23FN2OS. The summed E-state index contributed by atoms with van der Waals surface area (Å²) < 4.78 is 13.0. The van der Waals surface area contributed by atoms with Gasteiger partial charge in [-0.25, -0.2) is 4.39 Å². The molecule has 1 heterocycles. The van der Waals surface area contributed by atoms with Crippen LogP contribution in [0.4, 0.5) is 10.1 Å². The van der Waals surface area contributed by atoms with Gasteiger partial charge in [0, 0.05) is 36.8 Å². The molecule has 2 aromatic rings. The van der Waals surface area contributed by atoms with E-state index in [0.29, 0.717) is 5.75 Å². The van der Waals surface area contributed by atoms with Crippen LogP contribution in [0.25, 0.3) is 0 Å². The number of nitrogens with zero attached hydrogens (tertiary/aromatic N) is 2. The molecule has 4 rings (SSSR count). The van der Waals surface area contributed by atoms with Crippen molar-refractivity contribution in [2.24, 2.45) is 0 Å². The van der Waals surface area contributed by atoms with E-state index in [-0.39, 0.29) is 11.7 Å². The second-order valence-corrected chi connectivity index (χ2v) is 7.97. The van der Waals surface area contributed by atoms with Gasteiger partial charge in [-0.15, -0.1) is 11.8 Å². The molecule has 26 heavy (non-hydrogen) atoms. The Hall–Kier alpha value is -2.01. The first-order valence-electron chi connectivity index (χ1n) is 9.22. The van der Waals surface area contributed by atoms with Crippen LogP contribution in [0.15, 0.2) is 47.4 Å². The van der Waals surface area contributed by atoms with E-state index in [1.807, 2.05) is 4.90 Å². The van der Waals surface area contributed by atoms with E-state index in [9.17, 15) is 9.18 Å². The highest BCUT2D eigenvalue weighted by Gasteiger charge is 2.21. The normalized spacial score (nSPS) is 16.7. The number of thioether (sulfide) groups is 1. The maximum Gasteiger partial charge on any atom is 0.233 e. The molecule has 0 saturated carbocycles. The van der Waals surface area contributed by atoms with Crippen LogP contribution in [0.1, 0.15) is 17.5 Å². The largest absolute Gasteiger partial charge is 0.368 e. The lowest BCUT2D eigenvalue weighted by atomic mass is 10.1. The fourth-order valence-electron chi connectivity index (χ4n) is 3.74. The van der Waals surface area contributed by atoms with E-state index in [1.165, 1.54) is 47.4 Å². The molecule has 0 atom stereocenters. The van der Waals surface area contributed by atoms with Crippen molar-refractivity contribution >= 4 is 23.4 Å². The number of hydrogen-bond donors (Lipinski definition) is 0. The molecular weight excluding hydrogens is 347 g/mol. The molecule has 2 aliphatic rings. The number of fused-ring (bicyclic) bond motifs is 1. The van der Waals surface area contributed by atoms with Crippen LogP contribution < -0.4 is 4.90 Å². The zero-order valence-corrected chi connectivity index (χ0v) is 15.6. The fraction of sp³-hybridized carbons (Fsp3) is 0.381. The van der Waals surface area contributed by atoms with Gasteiger partial charge in [-0.2, -0.15) is 0 Å². The average molecular weight is 370 g/mol. The smallest absolute Gasteiger partial charge is 0.233 e. The summed E-state index contributed by atoms with van der Waals surface area (Å²) in [5.74, 6) is 0.482. The number of benzene rings is 2. The number of carbonyl (C=O) groups is 1. The molecule has 1 aliphatic carbocycles. The SMILES string of the molecule is O=C(CSc1ccc2c(c1)CCC2)N1CCN(c2ccc(F)cc2)CC1. The van der Waals surface area contributed by atoms with Gasteiger partial charge in [0.25, 0.3) is 0 Å². The first kappa shape index (κ1) is 17.4. The van der Waals surface area contributed by atoms with Crippen LogP contribution in [0.5, 0.6) is 0 Å². The van der Waals surface area contributed by atoms with Gasteiger partial charge in [0.2, 0.25) is 5.91 Å². The lowest BCUT2D eigenvalue weighted by Gasteiger charge is -2.36. The van der Waals surface area contributed by atoms with Gasteiger partial charge in [-0.1, -0.05) is 6.07 Å². The Labute approximate surface area is 158 Å². The summed E-state index contributed by atoms with van der Waals surface area (Å²) in [4.78, 5) is 17.9. The summed E-state index contributed by atoms with van der Waals surface area (Å²) in [7, 11) is 0. The van der Waals surface area contributed by atoms with Gasteiger partial charge in [0.05, 0.1) is 5.75 Å². The highest BCUT2D eigenvalue weighted by atomic mass is 32.2.